The number of anilines is 2. The van der Waals surface area contributed by atoms with Crippen molar-refractivity contribution < 1.29 is 0 Å². The van der Waals surface area contributed by atoms with Gasteiger partial charge < -0.3 is 10.6 Å². The number of H-pyrrole nitrogens is 1. The number of nitrogens with zero attached hydrogens (tertiary/aromatic N) is 3. The number of nitrogen functional groups attached to an aromatic ring is 1. The van der Waals surface area contributed by atoms with Gasteiger partial charge in [-0.3, -0.25) is 5.10 Å². The van der Waals surface area contributed by atoms with Crippen LogP contribution in [0.1, 0.15) is 25.0 Å². The van der Waals surface area contributed by atoms with Crippen molar-refractivity contribution in [2.24, 2.45) is 0 Å². The molecule has 0 unspecified atom stereocenters. The second-order valence-corrected chi connectivity index (χ2v) is 8.68. The zero-order valence-corrected chi connectivity index (χ0v) is 18.5. The third-order valence-corrected chi connectivity index (χ3v) is 7.01. The second kappa shape index (κ2) is 8.04. The zero-order valence-electron chi connectivity index (χ0n) is 17.7. The van der Waals surface area contributed by atoms with Crippen LogP contribution in [0.5, 0.6) is 0 Å². The Kier molecular flexibility index (Phi) is 5.08. The van der Waals surface area contributed by atoms with Crippen LogP contribution in [0.15, 0.2) is 60.8 Å². The molecule has 0 amide bonds. The first-order valence-corrected chi connectivity index (χ1v) is 11.4. The highest BCUT2D eigenvalue weighted by Gasteiger charge is 2.15. The summed E-state index contributed by atoms with van der Waals surface area (Å²) in [6, 6.07) is 19.1. The average Bonchev–Trinajstić information content (AvgIpc) is 3.37. The molecule has 0 spiro atoms. The van der Waals surface area contributed by atoms with Crippen LogP contribution in [0.2, 0.25) is 0 Å². The van der Waals surface area contributed by atoms with E-state index in [0.717, 1.165) is 53.4 Å². The standard InChI is InChI=1S/C25H25N5S/c1-3-30(4-2)25-21(26)18(13-14-27-25)15-16-9-11-17(12-10-16)22-24-23(29-28-22)19-7-5-6-8-20(19)31-24/h5-14H,3-4,15,26H2,1-2H3,(H,28,29). The summed E-state index contributed by atoms with van der Waals surface area (Å²) in [5.74, 6) is 0.878. The van der Waals surface area contributed by atoms with Crippen molar-refractivity contribution in [1.82, 2.24) is 15.2 Å². The van der Waals surface area contributed by atoms with E-state index in [1.165, 1.54) is 20.3 Å². The maximum absolute atomic E-state index is 6.47. The number of hydrogen-bond acceptors (Lipinski definition) is 5. The number of rotatable bonds is 6. The first-order chi connectivity index (χ1) is 15.2. The van der Waals surface area contributed by atoms with E-state index in [1.807, 2.05) is 12.3 Å². The van der Waals surface area contributed by atoms with Crippen molar-refractivity contribution >= 4 is 43.1 Å². The number of aromatic nitrogens is 3. The number of thiophene rings is 1. The zero-order chi connectivity index (χ0) is 21.4. The number of benzene rings is 2. The van der Waals surface area contributed by atoms with Crippen LogP contribution in [0.3, 0.4) is 0 Å². The molecular formula is C25H25N5S. The van der Waals surface area contributed by atoms with Crippen molar-refractivity contribution in [3.05, 3.63) is 71.9 Å². The molecule has 156 valence electrons. The molecule has 5 nitrogen and oxygen atoms in total. The van der Waals surface area contributed by atoms with E-state index in [0.29, 0.717) is 0 Å². The number of fused-ring (bicyclic) bond motifs is 3. The monoisotopic (exact) mass is 427 g/mol. The van der Waals surface area contributed by atoms with Crippen LogP contribution < -0.4 is 10.6 Å². The Morgan fingerprint density at radius 1 is 1.00 bits per heavy atom. The van der Waals surface area contributed by atoms with Crippen molar-refractivity contribution in [3.8, 4) is 11.3 Å². The molecule has 31 heavy (non-hydrogen) atoms. The lowest BCUT2D eigenvalue weighted by Crippen LogP contribution is -2.24. The molecule has 3 heterocycles. The van der Waals surface area contributed by atoms with Gasteiger partial charge in [0.05, 0.1) is 15.9 Å². The molecule has 0 aliphatic rings. The third-order valence-electron chi connectivity index (χ3n) is 5.83. The summed E-state index contributed by atoms with van der Waals surface area (Å²) in [6.45, 7) is 6.03. The van der Waals surface area contributed by atoms with Crippen LogP contribution >= 0.6 is 11.3 Å². The molecule has 0 bridgehead atoms. The van der Waals surface area contributed by atoms with Gasteiger partial charge in [-0.2, -0.15) is 5.10 Å². The Labute approximate surface area is 185 Å². The second-order valence-electron chi connectivity index (χ2n) is 7.63. The van der Waals surface area contributed by atoms with E-state index in [9.17, 15) is 0 Å². The quantitative estimate of drug-likeness (QED) is 0.356. The van der Waals surface area contributed by atoms with Crippen LogP contribution in [0.4, 0.5) is 11.5 Å². The van der Waals surface area contributed by atoms with Crippen LogP contribution in [0.25, 0.3) is 31.6 Å². The lowest BCUT2D eigenvalue weighted by molar-refractivity contribution is 0.846. The van der Waals surface area contributed by atoms with Gasteiger partial charge in [-0.25, -0.2) is 4.98 Å². The maximum Gasteiger partial charge on any atom is 0.152 e. The number of nitrogens with two attached hydrogens (primary N) is 1. The predicted molar refractivity (Wildman–Crippen MR) is 132 cm³/mol. The fourth-order valence-corrected chi connectivity index (χ4v) is 5.28. The SMILES string of the molecule is CCN(CC)c1nccc(Cc2ccc(-c3n[nH]c4c3sc3ccccc34)cc2)c1N. The van der Waals surface area contributed by atoms with Gasteiger partial charge in [0.15, 0.2) is 5.82 Å². The predicted octanol–water partition coefficient (Wildman–Crippen LogP) is 5.86. The number of aromatic amines is 1. The van der Waals surface area contributed by atoms with Crippen LogP contribution in [-0.4, -0.2) is 28.3 Å². The molecular weight excluding hydrogens is 402 g/mol. The van der Waals surface area contributed by atoms with E-state index >= 15 is 0 Å². The maximum atomic E-state index is 6.47. The third kappa shape index (κ3) is 3.43. The fourth-order valence-electron chi connectivity index (χ4n) is 4.11. The Hall–Kier alpha value is -3.38. The fraction of sp³-hybridized carbons (Fsp3) is 0.200. The Morgan fingerprint density at radius 3 is 2.55 bits per heavy atom. The van der Waals surface area contributed by atoms with E-state index in [4.69, 9.17) is 5.73 Å². The van der Waals surface area contributed by atoms with Gasteiger partial charge in [0, 0.05) is 34.9 Å². The molecule has 0 aliphatic heterocycles. The summed E-state index contributed by atoms with van der Waals surface area (Å²) in [5, 5.41) is 9.07. The van der Waals surface area contributed by atoms with E-state index < -0.39 is 0 Å². The van der Waals surface area contributed by atoms with Crippen LogP contribution in [-0.2, 0) is 6.42 Å². The lowest BCUT2D eigenvalue weighted by atomic mass is 10.0. The van der Waals surface area contributed by atoms with E-state index in [-0.39, 0.29) is 0 Å². The van der Waals surface area contributed by atoms with Gasteiger partial charge in [0.1, 0.15) is 5.69 Å². The summed E-state index contributed by atoms with van der Waals surface area (Å²) < 4.78 is 2.48. The molecule has 0 aliphatic carbocycles. The molecule has 0 atom stereocenters. The van der Waals surface area contributed by atoms with Gasteiger partial charge in [0.25, 0.3) is 0 Å². The van der Waals surface area contributed by atoms with Crippen molar-refractivity contribution in [3.63, 3.8) is 0 Å². The molecule has 0 radical (unpaired) electrons. The lowest BCUT2D eigenvalue weighted by Gasteiger charge is -2.22. The molecule has 0 saturated carbocycles. The minimum atomic E-state index is 0.773. The van der Waals surface area contributed by atoms with Crippen molar-refractivity contribution in [2.45, 2.75) is 20.3 Å². The van der Waals surface area contributed by atoms with Crippen molar-refractivity contribution in [1.29, 1.82) is 0 Å². The average molecular weight is 428 g/mol. The Bertz CT molecular complexity index is 1350. The topological polar surface area (TPSA) is 70.8 Å². The number of nitrogens with one attached hydrogen (secondary N) is 1. The van der Waals surface area contributed by atoms with Crippen LogP contribution in [0, 0.1) is 0 Å². The van der Waals surface area contributed by atoms with E-state index in [1.54, 1.807) is 11.3 Å². The smallest absolute Gasteiger partial charge is 0.152 e. The molecule has 5 aromatic rings. The Morgan fingerprint density at radius 2 is 1.77 bits per heavy atom. The van der Waals surface area contributed by atoms with Gasteiger partial charge in [-0.1, -0.05) is 42.5 Å². The highest BCUT2D eigenvalue weighted by atomic mass is 32.1. The molecule has 3 aromatic heterocycles. The molecule has 6 heteroatoms. The van der Waals surface area contributed by atoms with E-state index in [2.05, 4.69) is 82.5 Å². The summed E-state index contributed by atoms with van der Waals surface area (Å²) >= 11 is 1.79. The minimum Gasteiger partial charge on any atom is -0.396 e. The summed E-state index contributed by atoms with van der Waals surface area (Å²) in [6.07, 6.45) is 2.64. The molecule has 5 rings (SSSR count). The summed E-state index contributed by atoms with van der Waals surface area (Å²) in [5.41, 5.74) is 12.8. The largest absolute Gasteiger partial charge is 0.396 e. The normalized spacial score (nSPS) is 11.4. The summed E-state index contributed by atoms with van der Waals surface area (Å²) in [7, 11) is 0. The number of pyridine rings is 1. The minimum absolute atomic E-state index is 0.773. The molecule has 0 saturated heterocycles. The molecule has 0 fully saturated rings. The number of hydrogen-bond donors (Lipinski definition) is 2. The highest BCUT2D eigenvalue weighted by molar-refractivity contribution is 7.26. The van der Waals surface area contributed by atoms with Gasteiger partial charge in [-0.05, 0) is 43.5 Å². The van der Waals surface area contributed by atoms with Crippen molar-refractivity contribution in [2.75, 3.05) is 23.7 Å². The van der Waals surface area contributed by atoms with Gasteiger partial charge in [0.2, 0.25) is 0 Å². The molecule has 2 aromatic carbocycles. The first kappa shape index (κ1) is 19.6. The Balaban J connectivity index is 1.44. The van der Waals surface area contributed by atoms with Gasteiger partial charge in [-0.15, -0.1) is 11.3 Å². The van der Waals surface area contributed by atoms with Gasteiger partial charge >= 0.3 is 0 Å². The first-order valence-electron chi connectivity index (χ1n) is 10.6. The summed E-state index contributed by atoms with van der Waals surface area (Å²) in [4.78, 5) is 6.70. The highest BCUT2D eigenvalue weighted by Crippen LogP contribution is 2.38. The molecule has 3 N–H and O–H groups in total.